The van der Waals surface area contributed by atoms with Crippen LogP contribution in [0.1, 0.15) is 20.8 Å². The van der Waals surface area contributed by atoms with Crippen molar-refractivity contribution in [2.24, 2.45) is 17.2 Å². The number of rotatable bonds is 0. The van der Waals surface area contributed by atoms with Crippen LogP contribution >= 0.6 is 0 Å². The summed E-state index contributed by atoms with van der Waals surface area (Å²) in [5, 5.41) is 0. The highest BCUT2D eigenvalue weighted by Gasteiger charge is 1.62. The fraction of sp³-hybridized carbons (Fsp3) is 0.300. The number of hydrogen-bond acceptors (Lipinski definition) is 3. The molecule has 0 aromatic carbocycles. The van der Waals surface area contributed by atoms with Gasteiger partial charge in [0.05, 0.1) is 0 Å². The third kappa shape index (κ3) is 317. The van der Waals surface area contributed by atoms with E-state index in [0.717, 1.165) is 0 Å². The molecule has 0 radical (unpaired) electrons. The summed E-state index contributed by atoms with van der Waals surface area (Å²) in [5.74, 6) is -1.000. The van der Waals surface area contributed by atoms with E-state index in [1.807, 2.05) is 0 Å². The zero-order valence-electron chi connectivity index (χ0n) is 10.3. The molecular weight excluding hydrogens is 210 g/mol. The van der Waals surface area contributed by atoms with E-state index < -0.39 is 0 Å². The minimum atomic E-state index is -0.333. The summed E-state index contributed by atoms with van der Waals surface area (Å²) in [6, 6.07) is 0. The monoisotopic (exact) mass is 233 g/mol. The molecule has 0 atom stereocenters. The predicted molar refractivity (Wildman–Crippen MR) is 67.1 cm³/mol. The van der Waals surface area contributed by atoms with Gasteiger partial charge in [-0.25, -0.2) is 0 Å². The van der Waals surface area contributed by atoms with Crippen molar-refractivity contribution in [1.29, 1.82) is 0 Å². The van der Waals surface area contributed by atoms with Crippen LogP contribution in [0.4, 0.5) is 0 Å². The smallest absolute Gasteiger partial charge is 0.214 e. The van der Waals surface area contributed by atoms with Gasteiger partial charge in [0.2, 0.25) is 17.7 Å². The Labute approximate surface area is 97.2 Å². The number of primary amides is 3. The van der Waals surface area contributed by atoms with Crippen LogP contribution in [0, 0.1) is 0 Å². The highest BCUT2D eigenvalue weighted by molar-refractivity contribution is 5.70. The lowest BCUT2D eigenvalue weighted by Gasteiger charge is -1.60. The van der Waals surface area contributed by atoms with Gasteiger partial charge in [-0.1, -0.05) is 0 Å². The molecule has 0 spiro atoms. The topological polar surface area (TPSA) is 129 Å². The van der Waals surface area contributed by atoms with Crippen LogP contribution in [0.3, 0.4) is 0 Å². The molecule has 0 saturated heterocycles. The third-order valence-electron chi connectivity index (χ3n) is 0. The van der Waals surface area contributed by atoms with Gasteiger partial charge in [-0.2, -0.15) is 0 Å². The second kappa shape index (κ2) is 38.4. The van der Waals surface area contributed by atoms with Crippen LogP contribution in [-0.4, -0.2) is 17.7 Å². The molecule has 0 rings (SSSR count). The standard InChI is InChI=1S/3C2H5NO.2C2H4/c3*1-2(3)4;2*1-2/h3*1H3,(H2,3,4);2*1-2H2. The molecule has 0 heterocycles. The van der Waals surface area contributed by atoms with Crippen molar-refractivity contribution in [3.05, 3.63) is 26.3 Å². The molecule has 0 fully saturated rings. The molecule has 0 aliphatic carbocycles. The second-order valence-electron chi connectivity index (χ2n) is 1.83. The van der Waals surface area contributed by atoms with E-state index in [-0.39, 0.29) is 17.7 Å². The van der Waals surface area contributed by atoms with Crippen molar-refractivity contribution in [3.63, 3.8) is 0 Å². The average molecular weight is 233 g/mol. The van der Waals surface area contributed by atoms with Gasteiger partial charge < -0.3 is 17.2 Å². The van der Waals surface area contributed by atoms with Crippen LogP contribution in [0.5, 0.6) is 0 Å². The Morgan fingerprint density at radius 1 is 0.625 bits per heavy atom. The summed E-state index contributed by atoms with van der Waals surface area (Å²) >= 11 is 0. The van der Waals surface area contributed by atoms with Crippen LogP contribution < -0.4 is 17.2 Å². The van der Waals surface area contributed by atoms with Gasteiger partial charge >= 0.3 is 0 Å². The SMILES string of the molecule is C=C.C=C.CC(N)=O.CC(N)=O.CC(N)=O. The second-order valence-corrected chi connectivity index (χ2v) is 1.83. The van der Waals surface area contributed by atoms with Crippen molar-refractivity contribution in [1.82, 2.24) is 0 Å². The maximum atomic E-state index is 9.22. The lowest BCUT2D eigenvalue weighted by Crippen LogP contribution is -2.01. The van der Waals surface area contributed by atoms with E-state index in [0.29, 0.717) is 0 Å². The van der Waals surface area contributed by atoms with Gasteiger partial charge in [-0.3, -0.25) is 14.4 Å². The van der Waals surface area contributed by atoms with E-state index in [9.17, 15) is 14.4 Å². The number of carbonyl (C=O) groups is 3. The van der Waals surface area contributed by atoms with Crippen LogP contribution in [0.2, 0.25) is 0 Å². The van der Waals surface area contributed by atoms with E-state index in [1.54, 1.807) is 0 Å². The Hall–Kier alpha value is -2.11. The molecular formula is C10H23N3O3. The number of amides is 3. The van der Waals surface area contributed by atoms with E-state index in [4.69, 9.17) is 0 Å². The summed E-state index contributed by atoms with van der Waals surface area (Å²) in [7, 11) is 0. The maximum absolute atomic E-state index is 9.22. The number of carbonyl (C=O) groups excluding carboxylic acids is 3. The van der Waals surface area contributed by atoms with Gasteiger partial charge in [0.25, 0.3) is 0 Å². The normalized spacial score (nSPS) is 5.19. The Bertz CT molecular complexity index is 140. The minimum Gasteiger partial charge on any atom is -0.370 e. The summed E-state index contributed by atoms with van der Waals surface area (Å²) in [5.41, 5.74) is 13.4. The van der Waals surface area contributed by atoms with Crippen molar-refractivity contribution >= 4 is 17.7 Å². The molecule has 0 bridgehead atoms. The lowest BCUT2D eigenvalue weighted by atomic mass is 10.8. The zero-order chi connectivity index (χ0) is 14.7. The van der Waals surface area contributed by atoms with Crippen LogP contribution in [-0.2, 0) is 14.4 Å². The quantitative estimate of drug-likeness (QED) is 0.512. The summed E-state index contributed by atoms with van der Waals surface area (Å²) in [6.07, 6.45) is 0. The molecule has 6 N–H and O–H groups in total. The highest BCUT2D eigenvalue weighted by atomic mass is 16.1. The highest BCUT2D eigenvalue weighted by Crippen LogP contribution is 1.34. The first-order valence-electron chi connectivity index (χ1n) is 3.98. The Kier molecular flexibility index (Phi) is 70.1. The minimum absolute atomic E-state index is 0.333. The molecule has 0 aliphatic rings. The van der Waals surface area contributed by atoms with Gasteiger partial charge in [0.15, 0.2) is 0 Å². The van der Waals surface area contributed by atoms with Gasteiger partial charge in [-0.15, -0.1) is 26.3 Å². The Morgan fingerprint density at radius 2 is 0.625 bits per heavy atom. The van der Waals surface area contributed by atoms with E-state index in [1.165, 1.54) is 20.8 Å². The Balaban J connectivity index is -0.0000000327. The molecule has 6 heteroatoms. The lowest BCUT2D eigenvalue weighted by molar-refractivity contribution is -0.116. The van der Waals surface area contributed by atoms with Crippen LogP contribution in [0.25, 0.3) is 0 Å². The van der Waals surface area contributed by atoms with Gasteiger partial charge in [0.1, 0.15) is 0 Å². The van der Waals surface area contributed by atoms with Crippen molar-refractivity contribution in [2.45, 2.75) is 20.8 Å². The number of nitrogens with two attached hydrogens (primary N) is 3. The first-order valence-corrected chi connectivity index (χ1v) is 3.98. The van der Waals surface area contributed by atoms with E-state index in [2.05, 4.69) is 43.5 Å². The summed E-state index contributed by atoms with van der Waals surface area (Å²) in [4.78, 5) is 27.7. The first-order chi connectivity index (χ1) is 7.20. The molecule has 0 aliphatic heterocycles. The summed E-state index contributed by atoms with van der Waals surface area (Å²) in [6.45, 7) is 15.9. The maximum Gasteiger partial charge on any atom is 0.214 e. The molecule has 3 amide bonds. The first kappa shape index (κ1) is 29.2. The van der Waals surface area contributed by atoms with Crippen molar-refractivity contribution in [3.8, 4) is 0 Å². The van der Waals surface area contributed by atoms with Crippen molar-refractivity contribution < 1.29 is 14.4 Å². The molecule has 6 nitrogen and oxygen atoms in total. The number of hydrogen-bond donors (Lipinski definition) is 3. The predicted octanol–water partition coefficient (Wildman–Crippen LogP) is 0.0792. The molecule has 96 valence electrons. The fourth-order valence-electron chi connectivity index (χ4n) is 0. The largest absolute Gasteiger partial charge is 0.370 e. The average Bonchev–Trinajstić information content (AvgIpc) is 2.07. The molecule has 0 unspecified atom stereocenters. The zero-order valence-corrected chi connectivity index (χ0v) is 10.3. The van der Waals surface area contributed by atoms with Gasteiger partial charge in [0, 0.05) is 20.8 Å². The third-order valence-corrected chi connectivity index (χ3v) is 0. The summed E-state index contributed by atoms with van der Waals surface area (Å²) < 4.78 is 0. The van der Waals surface area contributed by atoms with Crippen molar-refractivity contribution in [2.75, 3.05) is 0 Å². The molecule has 16 heavy (non-hydrogen) atoms. The van der Waals surface area contributed by atoms with E-state index >= 15 is 0 Å². The fourth-order valence-corrected chi connectivity index (χ4v) is 0. The Morgan fingerprint density at radius 3 is 0.625 bits per heavy atom. The van der Waals surface area contributed by atoms with Gasteiger partial charge in [-0.05, 0) is 0 Å². The molecule has 0 aromatic rings. The van der Waals surface area contributed by atoms with Crippen LogP contribution in [0.15, 0.2) is 26.3 Å². The molecule has 0 aromatic heterocycles. The molecule has 0 saturated carbocycles.